The first-order chi connectivity index (χ1) is 17.5. The first-order valence-corrected chi connectivity index (χ1v) is 13.3. The van der Waals surface area contributed by atoms with Gasteiger partial charge in [-0.1, -0.05) is 0 Å². The summed E-state index contributed by atoms with van der Waals surface area (Å²) in [5, 5.41) is 43.6. The minimum atomic E-state index is -3.52. The number of Topliss-reactive ketones (excluding diaryl/α,β-unsaturated/α-hetero) is 4. The van der Waals surface area contributed by atoms with Crippen LogP contribution < -0.4 is 0 Å². The van der Waals surface area contributed by atoms with Crippen LogP contribution in [0, 0.1) is 29.6 Å². The molecular weight excluding hydrogens is 486 g/mol. The molecule has 202 valence electrons. The van der Waals surface area contributed by atoms with Gasteiger partial charge in [-0.2, -0.15) is 0 Å². The van der Waals surface area contributed by atoms with E-state index in [-0.39, 0.29) is 25.7 Å². The molecule has 5 rings (SSSR count). The van der Waals surface area contributed by atoms with Gasteiger partial charge >= 0.3 is 0 Å². The van der Waals surface area contributed by atoms with Gasteiger partial charge in [-0.25, -0.2) is 0 Å². The van der Waals surface area contributed by atoms with E-state index in [0.717, 1.165) is 0 Å². The predicted octanol–water partition coefficient (Wildman–Crippen LogP) is -1.15. The van der Waals surface area contributed by atoms with Crippen molar-refractivity contribution in [3.05, 3.63) is 0 Å². The van der Waals surface area contributed by atoms with Gasteiger partial charge in [0.05, 0.1) is 6.61 Å². The minimum Gasteiger partial charge on any atom is -0.394 e. The van der Waals surface area contributed by atoms with Gasteiger partial charge in [-0.15, -0.1) is 0 Å². The summed E-state index contributed by atoms with van der Waals surface area (Å²) in [6.45, 7) is -1.16. The highest BCUT2D eigenvalue weighted by molar-refractivity contribution is 6.49. The molecule has 0 heterocycles. The van der Waals surface area contributed by atoms with Gasteiger partial charge in [0.1, 0.15) is 12.2 Å². The Balaban J connectivity index is 1.81. The van der Waals surface area contributed by atoms with Crippen molar-refractivity contribution in [1.82, 2.24) is 4.90 Å². The summed E-state index contributed by atoms with van der Waals surface area (Å²) in [5.41, 5.74) is -6.88. The summed E-state index contributed by atoms with van der Waals surface area (Å²) in [4.78, 5) is 83.7. The lowest BCUT2D eigenvalue weighted by atomic mass is 9.62. The maximum Gasteiger partial charge on any atom is 0.235 e. The number of carbonyl (C=O) groups is 6. The second-order valence-electron chi connectivity index (χ2n) is 11.5. The monoisotopic (exact) mass is 519 g/mol. The molecule has 0 radical (unpaired) electrons. The number of nitrogens with zero attached hydrogens (tertiary/aromatic N) is 1. The van der Waals surface area contributed by atoms with Crippen LogP contribution in [0.25, 0.3) is 0 Å². The van der Waals surface area contributed by atoms with E-state index in [4.69, 9.17) is 0 Å². The second-order valence-corrected chi connectivity index (χ2v) is 11.5. The molecule has 0 aromatic heterocycles. The first kappa shape index (κ1) is 26.3. The van der Waals surface area contributed by atoms with E-state index in [9.17, 15) is 49.2 Å². The van der Waals surface area contributed by atoms with Gasteiger partial charge in [0, 0.05) is 29.6 Å². The zero-order valence-corrected chi connectivity index (χ0v) is 20.5. The molecule has 0 unspecified atom stereocenters. The van der Waals surface area contributed by atoms with Gasteiger partial charge in [0.15, 0.2) is 17.2 Å². The van der Waals surface area contributed by atoms with Crippen LogP contribution in [-0.4, -0.2) is 90.2 Å². The molecule has 0 saturated heterocycles. The van der Waals surface area contributed by atoms with Crippen LogP contribution in [0.2, 0.25) is 0 Å². The van der Waals surface area contributed by atoms with Crippen LogP contribution in [0.15, 0.2) is 0 Å². The summed E-state index contributed by atoms with van der Waals surface area (Å²) >= 11 is 0. The number of hydrogen-bond acceptors (Lipinski definition) is 10. The van der Waals surface area contributed by atoms with Gasteiger partial charge in [0.2, 0.25) is 28.9 Å². The van der Waals surface area contributed by atoms with E-state index >= 15 is 0 Å². The first-order valence-electron chi connectivity index (χ1n) is 13.3. The fraction of sp³-hybridized carbons (Fsp3) is 0.769. The van der Waals surface area contributed by atoms with Crippen LogP contribution in [0.5, 0.6) is 0 Å². The smallest absolute Gasteiger partial charge is 0.235 e. The molecule has 11 nitrogen and oxygen atoms in total. The van der Waals surface area contributed by atoms with Gasteiger partial charge in [-0.3, -0.25) is 33.7 Å². The molecule has 4 N–H and O–H groups in total. The SMILES string of the molecule is O=C(C(=O)[C@@](C(=O)C1CC1)(N(C(=O)C1CC1)C(=O)C1CC1)[C@](O)(C(=O)C1CC1)[C@H](O)[C@H](O)CO)C1CC1. The molecule has 0 bridgehead atoms. The van der Waals surface area contributed by atoms with E-state index in [1.54, 1.807) is 0 Å². The fourth-order valence-electron chi connectivity index (χ4n) is 5.24. The number of ketones is 4. The lowest BCUT2D eigenvalue weighted by molar-refractivity contribution is -0.210. The van der Waals surface area contributed by atoms with E-state index in [0.29, 0.717) is 43.4 Å². The Hall–Kier alpha value is -2.34. The van der Waals surface area contributed by atoms with Crippen molar-refractivity contribution >= 4 is 34.9 Å². The Morgan fingerprint density at radius 2 is 1.08 bits per heavy atom. The standard InChI is InChI=1S/C26H33NO10/c28-11-17(29)21(33)26(37,20(32)14-5-6-14)25(19(31)13-3-4-13,22(34)18(30)12-1-2-12)27(23(35)15-7-8-15)24(36)16-9-10-16/h12-17,21,28-29,33,37H,1-11H2/t17-,21-,25-,26+/m1/s1. The highest BCUT2D eigenvalue weighted by atomic mass is 16.4. The van der Waals surface area contributed by atoms with Crippen molar-refractivity contribution in [3.63, 3.8) is 0 Å². The molecule has 5 saturated carbocycles. The molecule has 0 aliphatic heterocycles. The van der Waals surface area contributed by atoms with Crippen molar-refractivity contribution < 1.29 is 49.2 Å². The Morgan fingerprint density at radius 3 is 1.46 bits per heavy atom. The molecule has 2 amide bonds. The van der Waals surface area contributed by atoms with E-state index in [1.165, 1.54) is 0 Å². The van der Waals surface area contributed by atoms with E-state index < -0.39 is 94.5 Å². The highest BCUT2D eigenvalue weighted by Crippen LogP contribution is 2.51. The Kier molecular flexibility index (Phi) is 6.49. The number of aliphatic hydroxyl groups is 4. The number of hydrogen-bond donors (Lipinski definition) is 4. The Bertz CT molecular complexity index is 1030. The summed E-state index contributed by atoms with van der Waals surface area (Å²) < 4.78 is 0. The molecule has 0 aromatic carbocycles. The molecule has 0 spiro atoms. The minimum absolute atomic E-state index is 0.237. The zero-order chi connectivity index (χ0) is 26.9. The maximum absolute atomic E-state index is 14.3. The quantitative estimate of drug-likeness (QED) is 0.124. The fourth-order valence-corrected chi connectivity index (χ4v) is 5.24. The van der Waals surface area contributed by atoms with Gasteiger partial charge < -0.3 is 20.4 Å². The Morgan fingerprint density at radius 1 is 0.676 bits per heavy atom. The van der Waals surface area contributed by atoms with Crippen molar-refractivity contribution in [2.45, 2.75) is 87.6 Å². The summed E-state index contributed by atoms with van der Waals surface area (Å²) in [6.07, 6.45) is -1.84. The van der Waals surface area contributed by atoms with Crippen LogP contribution in [-0.2, 0) is 28.8 Å². The van der Waals surface area contributed by atoms with Gasteiger partial charge in [0.25, 0.3) is 0 Å². The number of carbonyl (C=O) groups excluding carboxylic acids is 6. The maximum atomic E-state index is 14.3. The zero-order valence-electron chi connectivity index (χ0n) is 20.5. The van der Waals surface area contributed by atoms with Crippen molar-refractivity contribution in [3.8, 4) is 0 Å². The Labute approximate surface area is 213 Å². The van der Waals surface area contributed by atoms with E-state index in [2.05, 4.69) is 0 Å². The van der Waals surface area contributed by atoms with Crippen LogP contribution in [0.1, 0.15) is 64.2 Å². The molecule has 11 heteroatoms. The third-order valence-electron chi connectivity index (χ3n) is 8.29. The summed E-state index contributed by atoms with van der Waals surface area (Å²) in [6, 6.07) is 0. The van der Waals surface area contributed by atoms with Crippen LogP contribution >= 0.6 is 0 Å². The second kappa shape index (κ2) is 9.14. The average Bonchev–Trinajstić information content (AvgIpc) is 3.73. The van der Waals surface area contributed by atoms with Gasteiger partial charge in [-0.05, 0) is 64.2 Å². The number of aliphatic hydroxyl groups excluding tert-OH is 3. The molecular formula is C26H33NO10. The lowest BCUT2D eigenvalue weighted by Crippen LogP contribution is -2.83. The number of amides is 2. The summed E-state index contributed by atoms with van der Waals surface area (Å²) in [7, 11) is 0. The van der Waals surface area contributed by atoms with Crippen molar-refractivity contribution in [2.75, 3.05) is 6.61 Å². The topological polar surface area (TPSA) is 187 Å². The number of imide groups is 1. The van der Waals surface area contributed by atoms with Crippen molar-refractivity contribution in [1.29, 1.82) is 0 Å². The third kappa shape index (κ3) is 4.20. The molecule has 5 fully saturated rings. The molecule has 0 aromatic rings. The third-order valence-corrected chi connectivity index (χ3v) is 8.29. The lowest BCUT2D eigenvalue weighted by Gasteiger charge is -2.51. The molecule has 4 atom stereocenters. The number of rotatable bonds is 14. The largest absolute Gasteiger partial charge is 0.394 e. The molecule has 5 aliphatic carbocycles. The molecule has 37 heavy (non-hydrogen) atoms. The normalized spacial score (nSPS) is 26.3. The average molecular weight is 520 g/mol. The van der Waals surface area contributed by atoms with E-state index in [1.807, 2.05) is 0 Å². The predicted molar refractivity (Wildman–Crippen MR) is 122 cm³/mol. The highest BCUT2D eigenvalue weighted by Gasteiger charge is 2.77. The van der Waals surface area contributed by atoms with Crippen LogP contribution in [0.4, 0.5) is 0 Å². The van der Waals surface area contributed by atoms with Crippen molar-refractivity contribution in [2.24, 2.45) is 29.6 Å². The molecule has 5 aliphatic rings. The summed E-state index contributed by atoms with van der Waals surface area (Å²) in [5.74, 6) is -11.1. The van der Waals surface area contributed by atoms with Crippen LogP contribution in [0.3, 0.4) is 0 Å².